The Bertz CT molecular complexity index is 343. The highest BCUT2D eigenvalue weighted by molar-refractivity contribution is 5.23. The van der Waals surface area contributed by atoms with E-state index in [0.29, 0.717) is 5.69 Å². The fourth-order valence-electron chi connectivity index (χ4n) is 1.67. The summed E-state index contributed by atoms with van der Waals surface area (Å²) in [5.41, 5.74) is 1.66. The first kappa shape index (κ1) is 7.55. The van der Waals surface area contributed by atoms with Crippen molar-refractivity contribution in [3.8, 4) is 0 Å². The van der Waals surface area contributed by atoms with Crippen molar-refractivity contribution in [3.05, 3.63) is 33.7 Å². The summed E-state index contributed by atoms with van der Waals surface area (Å²) in [6, 6.07) is 3.31. The molecule has 1 aliphatic rings. The van der Waals surface area contributed by atoms with Crippen LogP contribution in [0.1, 0.15) is 30.2 Å². The maximum Gasteiger partial charge on any atom is 0.248 e. The summed E-state index contributed by atoms with van der Waals surface area (Å²) in [5.74, 6) is 0. The van der Waals surface area contributed by atoms with E-state index in [4.69, 9.17) is 0 Å². The molecule has 0 spiro atoms. The van der Waals surface area contributed by atoms with Gasteiger partial charge in [0.1, 0.15) is 0 Å². The third kappa shape index (κ3) is 1.16. The van der Waals surface area contributed by atoms with Gasteiger partial charge in [-0.1, -0.05) is 6.07 Å². The van der Waals surface area contributed by atoms with Gasteiger partial charge in [-0.05, 0) is 24.8 Å². The molecule has 0 amide bonds. The van der Waals surface area contributed by atoms with Gasteiger partial charge in [0.15, 0.2) is 0 Å². The molecule has 1 aromatic rings. The first-order valence-electron chi connectivity index (χ1n) is 4.17. The first-order chi connectivity index (χ1) is 5.77. The maximum atomic E-state index is 10.9. The van der Waals surface area contributed by atoms with Gasteiger partial charge in [0.05, 0.1) is 6.10 Å². The molecule has 2 N–H and O–H groups in total. The zero-order valence-corrected chi connectivity index (χ0v) is 6.71. The Morgan fingerprint density at radius 1 is 1.50 bits per heavy atom. The SMILES string of the molecule is O=c1ccc2c([nH]1)C(O)CCC2. The minimum Gasteiger partial charge on any atom is -0.387 e. The molecule has 2 rings (SSSR count). The van der Waals surface area contributed by atoms with E-state index in [9.17, 15) is 9.90 Å². The average molecular weight is 165 g/mol. The van der Waals surface area contributed by atoms with Gasteiger partial charge in [-0.25, -0.2) is 0 Å². The topological polar surface area (TPSA) is 53.1 Å². The monoisotopic (exact) mass is 165 g/mol. The minimum atomic E-state index is -0.470. The number of hydrogen-bond acceptors (Lipinski definition) is 2. The number of aromatic nitrogens is 1. The Hall–Kier alpha value is -1.09. The Labute approximate surface area is 70.1 Å². The molecular formula is C9H11NO2. The van der Waals surface area contributed by atoms with Gasteiger partial charge in [-0.15, -0.1) is 0 Å². The molecular weight excluding hydrogens is 154 g/mol. The van der Waals surface area contributed by atoms with Gasteiger partial charge in [0.2, 0.25) is 5.56 Å². The molecule has 0 radical (unpaired) electrons. The lowest BCUT2D eigenvalue weighted by molar-refractivity contribution is 0.151. The maximum absolute atomic E-state index is 10.9. The highest BCUT2D eigenvalue weighted by atomic mass is 16.3. The van der Waals surface area contributed by atoms with Crippen LogP contribution in [0, 0.1) is 0 Å². The summed E-state index contributed by atoms with van der Waals surface area (Å²) in [6.07, 6.45) is 2.25. The summed E-state index contributed by atoms with van der Waals surface area (Å²) >= 11 is 0. The van der Waals surface area contributed by atoms with Crippen LogP contribution in [-0.4, -0.2) is 10.1 Å². The highest BCUT2D eigenvalue weighted by Crippen LogP contribution is 2.26. The summed E-state index contributed by atoms with van der Waals surface area (Å²) in [6.45, 7) is 0. The summed E-state index contributed by atoms with van der Waals surface area (Å²) in [7, 11) is 0. The van der Waals surface area contributed by atoms with E-state index in [-0.39, 0.29) is 5.56 Å². The van der Waals surface area contributed by atoms with Gasteiger partial charge in [-0.3, -0.25) is 4.79 Å². The molecule has 0 saturated heterocycles. The predicted octanol–water partition coefficient (Wildman–Crippen LogP) is 0.745. The molecule has 1 heterocycles. The number of aryl methyl sites for hydroxylation is 1. The lowest BCUT2D eigenvalue weighted by Gasteiger charge is -2.19. The largest absolute Gasteiger partial charge is 0.387 e. The number of nitrogens with one attached hydrogen (secondary N) is 1. The Kier molecular flexibility index (Phi) is 1.73. The Balaban J connectivity index is 2.54. The number of pyridine rings is 1. The van der Waals surface area contributed by atoms with Crippen LogP contribution in [0.3, 0.4) is 0 Å². The van der Waals surface area contributed by atoms with Crippen molar-refractivity contribution >= 4 is 0 Å². The van der Waals surface area contributed by atoms with Crippen LogP contribution in [0.5, 0.6) is 0 Å². The first-order valence-corrected chi connectivity index (χ1v) is 4.17. The molecule has 3 heteroatoms. The smallest absolute Gasteiger partial charge is 0.248 e. The van der Waals surface area contributed by atoms with Crippen molar-refractivity contribution in [2.45, 2.75) is 25.4 Å². The van der Waals surface area contributed by atoms with Crippen LogP contribution in [0.15, 0.2) is 16.9 Å². The number of aromatic amines is 1. The molecule has 0 bridgehead atoms. The van der Waals surface area contributed by atoms with Gasteiger partial charge in [-0.2, -0.15) is 0 Å². The minimum absolute atomic E-state index is 0.130. The number of rotatable bonds is 0. The van der Waals surface area contributed by atoms with Crippen LogP contribution in [0.4, 0.5) is 0 Å². The molecule has 64 valence electrons. The van der Waals surface area contributed by atoms with Crippen molar-refractivity contribution in [1.82, 2.24) is 4.98 Å². The Morgan fingerprint density at radius 3 is 3.17 bits per heavy atom. The molecule has 0 fully saturated rings. The third-order valence-corrected chi connectivity index (χ3v) is 2.30. The van der Waals surface area contributed by atoms with E-state index >= 15 is 0 Å². The number of aliphatic hydroxyl groups is 1. The van der Waals surface area contributed by atoms with Crippen LogP contribution >= 0.6 is 0 Å². The molecule has 1 unspecified atom stereocenters. The lowest BCUT2D eigenvalue weighted by atomic mass is 9.94. The van der Waals surface area contributed by atoms with Crippen LogP contribution < -0.4 is 5.56 Å². The van der Waals surface area contributed by atoms with Crippen LogP contribution in [0.2, 0.25) is 0 Å². The molecule has 1 atom stereocenters. The van der Waals surface area contributed by atoms with E-state index in [1.165, 1.54) is 6.07 Å². The zero-order chi connectivity index (χ0) is 8.55. The van der Waals surface area contributed by atoms with Crippen molar-refractivity contribution < 1.29 is 5.11 Å². The molecule has 1 aromatic heterocycles. The van der Waals surface area contributed by atoms with Crippen LogP contribution in [-0.2, 0) is 6.42 Å². The van der Waals surface area contributed by atoms with Gasteiger partial charge >= 0.3 is 0 Å². The number of aliphatic hydroxyl groups excluding tert-OH is 1. The van der Waals surface area contributed by atoms with Gasteiger partial charge in [0.25, 0.3) is 0 Å². The molecule has 0 aromatic carbocycles. The van der Waals surface area contributed by atoms with Crippen LogP contribution in [0.25, 0.3) is 0 Å². The second-order valence-electron chi connectivity index (χ2n) is 3.17. The molecule has 0 aliphatic heterocycles. The lowest BCUT2D eigenvalue weighted by Crippen LogP contribution is -2.17. The van der Waals surface area contributed by atoms with Crippen molar-refractivity contribution in [2.24, 2.45) is 0 Å². The average Bonchev–Trinajstić information content (AvgIpc) is 2.07. The molecule has 12 heavy (non-hydrogen) atoms. The van der Waals surface area contributed by atoms with Crippen molar-refractivity contribution in [3.63, 3.8) is 0 Å². The second kappa shape index (κ2) is 2.75. The predicted molar refractivity (Wildman–Crippen MR) is 45.0 cm³/mol. The van der Waals surface area contributed by atoms with Crippen molar-refractivity contribution in [1.29, 1.82) is 0 Å². The quantitative estimate of drug-likeness (QED) is 0.596. The van der Waals surface area contributed by atoms with E-state index in [0.717, 1.165) is 24.8 Å². The standard InChI is InChI=1S/C9H11NO2/c11-7-3-1-2-6-4-5-8(12)10-9(6)7/h4-5,7,11H,1-3H2,(H,10,12). The molecule has 1 aliphatic carbocycles. The van der Waals surface area contributed by atoms with Gasteiger partial charge in [0, 0.05) is 11.8 Å². The van der Waals surface area contributed by atoms with E-state index in [1.807, 2.05) is 0 Å². The van der Waals surface area contributed by atoms with Gasteiger partial charge < -0.3 is 10.1 Å². The zero-order valence-electron chi connectivity index (χ0n) is 6.71. The molecule has 3 nitrogen and oxygen atoms in total. The normalized spacial score (nSPS) is 21.9. The van der Waals surface area contributed by atoms with E-state index < -0.39 is 6.10 Å². The number of H-pyrrole nitrogens is 1. The third-order valence-electron chi connectivity index (χ3n) is 2.30. The highest BCUT2D eigenvalue weighted by Gasteiger charge is 2.17. The number of fused-ring (bicyclic) bond motifs is 1. The van der Waals surface area contributed by atoms with E-state index in [1.54, 1.807) is 6.07 Å². The fourth-order valence-corrected chi connectivity index (χ4v) is 1.67. The molecule has 0 saturated carbocycles. The number of hydrogen-bond donors (Lipinski definition) is 2. The van der Waals surface area contributed by atoms with E-state index in [2.05, 4.69) is 4.98 Å². The summed E-state index contributed by atoms with van der Waals surface area (Å²) < 4.78 is 0. The second-order valence-corrected chi connectivity index (χ2v) is 3.17. The fraction of sp³-hybridized carbons (Fsp3) is 0.444. The van der Waals surface area contributed by atoms with Crippen molar-refractivity contribution in [2.75, 3.05) is 0 Å². The summed E-state index contributed by atoms with van der Waals surface area (Å²) in [4.78, 5) is 13.6. The Morgan fingerprint density at radius 2 is 2.33 bits per heavy atom. The summed E-state index contributed by atoms with van der Waals surface area (Å²) in [5, 5.41) is 9.52.